The smallest absolute Gasteiger partial charge is 0.124 e. The van der Waals surface area contributed by atoms with Crippen molar-refractivity contribution in [3.63, 3.8) is 0 Å². The van der Waals surface area contributed by atoms with Crippen LogP contribution in [-0.2, 0) is 13.2 Å². The summed E-state index contributed by atoms with van der Waals surface area (Å²) < 4.78 is 6.03. The fourth-order valence-electron chi connectivity index (χ4n) is 2.48. The van der Waals surface area contributed by atoms with E-state index < -0.39 is 0 Å². The van der Waals surface area contributed by atoms with Gasteiger partial charge in [-0.2, -0.15) is 0 Å². The molecule has 3 nitrogen and oxygen atoms in total. The number of hydrogen-bond donors (Lipinski definition) is 2. The predicted octanol–water partition coefficient (Wildman–Crippen LogP) is 3.83. The Hall–Kier alpha value is -1.84. The largest absolute Gasteiger partial charge is 0.489 e. The van der Waals surface area contributed by atoms with Crippen molar-refractivity contribution in [2.45, 2.75) is 39.3 Å². The fraction of sp³-hybridized carbons (Fsp3) is 0.400. The van der Waals surface area contributed by atoms with Gasteiger partial charge in [0.1, 0.15) is 12.4 Å². The Morgan fingerprint density at radius 2 is 1.65 bits per heavy atom. The van der Waals surface area contributed by atoms with Crippen LogP contribution in [0.15, 0.2) is 48.5 Å². The normalized spacial score (nSPS) is 10.7. The molecule has 0 aromatic heterocycles. The van der Waals surface area contributed by atoms with Crippen LogP contribution in [0.2, 0.25) is 0 Å². The average Bonchev–Trinajstić information content (AvgIpc) is 2.58. The van der Waals surface area contributed by atoms with Crippen LogP contribution in [0.5, 0.6) is 5.75 Å². The van der Waals surface area contributed by atoms with Crippen molar-refractivity contribution in [2.75, 3.05) is 13.2 Å². The molecule has 0 unspecified atom stereocenters. The van der Waals surface area contributed by atoms with E-state index in [1.54, 1.807) is 0 Å². The molecule has 0 spiro atoms. The van der Waals surface area contributed by atoms with E-state index in [-0.39, 0.29) is 6.61 Å². The van der Waals surface area contributed by atoms with Crippen molar-refractivity contribution in [1.82, 2.24) is 5.32 Å². The summed E-state index contributed by atoms with van der Waals surface area (Å²) in [5, 5.41) is 12.2. The van der Waals surface area contributed by atoms with E-state index in [1.807, 2.05) is 30.3 Å². The van der Waals surface area contributed by atoms with Gasteiger partial charge in [-0.05, 0) is 49.9 Å². The highest BCUT2D eigenvalue weighted by atomic mass is 16.5. The molecular formula is C20H27NO2. The monoisotopic (exact) mass is 313 g/mol. The molecule has 0 amide bonds. The lowest BCUT2D eigenvalue weighted by molar-refractivity contribution is 0.282. The summed E-state index contributed by atoms with van der Waals surface area (Å²) in [6.45, 7) is 4.77. The van der Waals surface area contributed by atoms with E-state index in [0.29, 0.717) is 6.61 Å². The molecule has 2 N–H and O–H groups in total. The van der Waals surface area contributed by atoms with E-state index in [9.17, 15) is 0 Å². The van der Waals surface area contributed by atoms with Crippen LogP contribution in [0.3, 0.4) is 0 Å². The molecule has 0 aliphatic rings. The number of rotatable bonds is 10. The summed E-state index contributed by atoms with van der Waals surface area (Å²) in [5.74, 6) is 0.943. The lowest BCUT2D eigenvalue weighted by atomic mass is 10.1. The lowest BCUT2D eigenvalue weighted by Gasteiger charge is -2.13. The number of aliphatic hydroxyl groups excluding tert-OH is 1. The molecule has 2 rings (SSSR count). The fourth-order valence-corrected chi connectivity index (χ4v) is 2.48. The van der Waals surface area contributed by atoms with Gasteiger partial charge in [0.2, 0.25) is 0 Å². The summed E-state index contributed by atoms with van der Waals surface area (Å²) in [7, 11) is 0. The van der Waals surface area contributed by atoms with Gasteiger partial charge in [0, 0.05) is 18.7 Å². The third kappa shape index (κ3) is 6.05. The topological polar surface area (TPSA) is 41.5 Å². The Morgan fingerprint density at radius 1 is 0.913 bits per heavy atom. The molecule has 0 aliphatic carbocycles. The Bertz CT molecular complexity index is 583. The van der Waals surface area contributed by atoms with Crippen LogP contribution in [0.4, 0.5) is 0 Å². The van der Waals surface area contributed by atoms with Gasteiger partial charge in [0.15, 0.2) is 0 Å². The highest BCUT2D eigenvalue weighted by Crippen LogP contribution is 2.20. The summed E-state index contributed by atoms with van der Waals surface area (Å²) >= 11 is 0. The molecular weight excluding hydrogens is 286 g/mol. The number of para-hydroxylation sites is 1. The lowest BCUT2D eigenvalue weighted by Crippen LogP contribution is -2.15. The maximum absolute atomic E-state index is 8.77. The number of aliphatic hydroxyl groups is 1. The van der Waals surface area contributed by atoms with Crippen LogP contribution in [-0.4, -0.2) is 18.3 Å². The van der Waals surface area contributed by atoms with Crippen molar-refractivity contribution in [2.24, 2.45) is 0 Å². The van der Waals surface area contributed by atoms with Gasteiger partial charge in [-0.25, -0.2) is 0 Å². The second-order valence-electron chi connectivity index (χ2n) is 5.78. The van der Waals surface area contributed by atoms with Crippen molar-refractivity contribution in [1.29, 1.82) is 0 Å². The Kier molecular flexibility index (Phi) is 7.64. The van der Waals surface area contributed by atoms with E-state index in [2.05, 4.69) is 30.4 Å². The first kappa shape index (κ1) is 17.5. The number of ether oxygens (including phenoxy) is 1. The van der Waals surface area contributed by atoms with E-state index in [1.165, 1.54) is 16.7 Å². The average molecular weight is 313 g/mol. The number of hydrogen-bond acceptors (Lipinski definition) is 3. The second-order valence-corrected chi connectivity index (χ2v) is 5.78. The Balaban J connectivity index is 1.84. The van der Waals surface area contributed by atoms with Crippen LogP contribution in [0, 0.1) is 6.92 Å². The standard InChI is InChI=1S/C20H27NO2/c1-17-9-3-4-11-19(17)16-23-20-12-6-5-10-18(20)15-21-13-7-2-8-14-22/h3-6,9-12,21-22H,2,7-8,13-16H2,1H3. The van der Waals surface area contributed by atoms with Crippen molar-refractivity contribution in [3.05, 3.63) is 65.2 Å². The molecule has 0 fully saturated rings. The molecule has 2 aromatic rings. The van der Waals surface area contributed by atoms with Gasteiger partial charge < -0.3 is 15.2 Å². The molecule has 3 heteroatoms. The number of unbranched alkanes of at least 4 members (excludes halogenated alkanes) is 2. The molecule has 0 saturated carbocycles. The maximum atomic E-state index is 8.77. The van der Waals surface area contributed by atoms with Gasteiger partial charge in [-0.15, -0.1) is 0 Å². The SMILES string of the molecule is Cc1ccccc1COc1ccccc1CNCCCCCO. The van der Waals surface area contributed by atoms with Gasteiger partial charge in [0.05, 0.1) is 0 Å². The first-order valence-electron chi connectivity index (χ1n) is 8.38. The first-order valence-corrected chi connectivity index (χ1v) is 8.38. The summed E-state index contributed by atoms with van der Waals surface area (Å²) in [5.41, 5.74) is 3.66. The van der Waals surface area contributed by atoms with Crippen LogP contribution < -0.4 is 10.1 Å². The van der Waals surface area contributed by atoms with Crippen molar-refractivity contribution < 1.29 is 9.84 Å². The minimum absolute atomic E-state index is 0.287. The van der Waals surface area contributed by atoms with E-state index in [0.717, 1.165) is 38.1 Å². The Morgan fingerprint density at radius 3 is 2.43 bits per heavy atom. The second kappa shape index (κ2) is 10.0. The van der Waals surface area contributed by atoms with Crippen molar-refractivity contribution >= 4 is 0 Å². The van der Waals surface area contributed by atoms with Crippen molar-refractivity contribution in [3.8, 4) is 5.75 Å². The quantitative estimate of drug-likeness (QED) is 0.655. The molecule has 0 radical (unpaired) electrons. The van der Waals surface area contributed by atoms with Crippen LogP contribution in [0.25, 0.3) is 0 Å². The summed E-state index contributed by atoms with van der Waals surface area (Å²) in [4.78, 5) is 0. The molecule has 0 heterocycles. The highest BCUT2D eigenvalue weighted by Gasteiger charge is 2.04. The first-order chi connectivity index (χ1) is 11.3. The third-order valence-corrected chi connectivity index (χ3v) is 3.94. The molecule has 23 heavy (non-hydrogen) atoms. The zero-order chi connectivity index (χ0) is 16.3. The molecule has 0 saturated heterocycles. The van der Waals surface area contributed by atoms with Gasteiger partial charge in [0.25, 0.3) is 0 Å². The molecule has 124 valence electrons. The van der Waals surface area contributed by atoms with E-state index >= 15 is 0 Å². The predicted molar refractivity (Wildman–Crippen MR) is 94.6 cm³/mol. The molecule has 2 aromatic carbocycles. The van der Waals surface area contributed by atoms with E-state index in [4.69, 9.17) is 9.84 Å². The molecule has 0 atom stereocenters. The zero-order valence-corrected chi connectivity index (χ0v) is 13.9. The molecule has 0 bridgehead atoms. The van der Waals surface area contributed by atoms with Crippen LogP contribution in [0.1, 0.15) is 36.0 Å². The minimum Gasteiger partial charge on any atom is -0.489 e. The minimum atomic E-state index is 0.287. The molecule has 0 aliphatic heterocycles. The van der Waals surface area contributed by atoms with Crippen LogP contribution >= 0.6 is 0 Å². The van der Waals surface area contributed by atoms with Gasteiger partial charge in [-0.3, -0.25) is 0 Å². The van der Waals surface area contributed by atoms with Gasteiger partial charge in [-0.1, -0.05) is 42.5 Å². The Labute approximate surface area is 139 Å². The van der Waals surface area contributed by atoms with Gasteiger partial charge >= 0.3 is 0 Å². The summed E-state index contributed by atoms with van der Waals surface area (Å²) in [6, 6.07) is 16.5. The summed E-state index contributed by atoms with van der Waals surface area (Å²) in [6.07, 6.45) is 3.04. The number of aryl methyl sites for hydroxylation is 1. The number of nitrogens with one attached hydrogen (secondary N) is 1. The maximum Gasteiger partial charge on any atom is 0.124 e. The third-order valence-electron chi connectivity index (χ3n) is 3.94. The number of benzene rings is 2. The zero-order valence-electron chi connectivity index (χ0n) is 13.9. The highest BCUT2D eigenvalue weighted by molar-refractivity contribution is 5.34.